The molecule has 0 unspecified atom stereocenters. The van der Waals surface area contributed by atoms with Gasteiger partial charge in [-0.2, -0.15) is 5.10 Å². The summed E-state index contributed by atoms with van der Waals surface area (Å²) in [4.78, 5) is 12.1. The molecule has 0 aliphatic rings. The number of amides is 1. The van der Waals surface area contributed by atoms with Crippen LogP contribution in [-0.4, -0.2) is 15.7 Å². The molecule has 1 amide bonds. The summed E-state index contributed by atoms with van der Waals surface area (Å²) in [5, 5.41) is 7.26. The highest BCUT2D eigenvalue weighted by Gasteiger charge is 2.18. The molecule has 0 saturated carbocycles. The average Bonchev–Trinajstić information content (AvgIpc) is 2.56. The van der Waals surface area contributed by atoms with Crippen LogP contribution in [0.15, 0.2) is 24.3 Å². The fraction of sp³-hybridized carbons (Fsp3) is 0.231. The van der Waals surface area contributed by atoms with Crippen molar-refractivity contribution in [2.75, 3.05) is 5.32 Å². The van der Waals surface area contributed by atoms with Gasteiger partial charge in [-0.05, 0) is 26.0 Å². The van der Waals surface area contributed by atoms with Crippen LogP contribution in [0.25, 0.3) is 0 Å². The van der Waals surface area contributed by atoms with E-state index in [4.69, 9.17) is 11.6 Å². The molecule has 1 aromatic carbocycles. The lowest BCUT2D eigenvalue weighted by molar-refractivity contribution is 0.102. The quantitative estimate of drug-likeness (QED) is 0.906. The highest BCUT2D eigenvalue weighted by molar-refractivity contribution is 6.33. The molecule has 1 N–H and O–H groups in total. The van der Waals surface area contributed by atoms with Gasteiger partial charge in [-0.25, -0.2) is 0 Å². The van der Waals surface area contributed by atoms with Crippen LogP contribution in [-0.2, 0) is 7.05 Å². The smallest absolute Gasteiger partial charge is 0.260 e. The number of nitrogens with zero attached hydrogens (tertiary/aromatic N) is 2. The lowest BCUT2D eigenvalue weighted by Gasteiger charge is -2.05. The number of halogens is 1. The van der Waals surface area contributed by atoms with Gasteiger partial charge in [-0.1, -0.05) is 29.3 Å². The Morgan fingerprint density at radius 3 is 2.39 bits per heavy atom. The van der Waals surface area contributed by atoms with Crippen molar-refractivity contribution in [3.63, 3.8) is 0 Å². The summed E-state index contributed by atoms with van der Waals surface area (Å²) >= 11 is 6.04. The van der Waals surface area contributed by atoms with Crippen LogP contribution < -0.4 is 5.32 Å². The van der Waals surface area contributed by atoms with Gasteiger partial charge in [0, 0.05) is 12.7 Å². The van der Waals surface area contributed by atoms with E-state index in [1.165, 1.54) is 4.68 Å². The SMILES string of the molecule is Cc1ccc(NC(=O)c2c(C)nn(C)c2Cl)cc1. The van der Waals surface area contributed by atoms with Gasteiger partial charge in [0.1, 0.15) is 5.15 Å². The van der Waals surface area contributed by atoms with Crippen LogP contribution in [0.1, 0.15) is 21.6 Å². The third kappa shape index (κ3) is 2.38. The van der Waals surface area contributed by atoms with Crippen LogP contribution in [0.4, 0.5) is 5.69 Å². The average molecular weight is 264 g/mol. The van der Waals surface area contributed by atoms with Crippen molar-refractivity contribution in [2.24, 2.45) is 7.05 Å². The van der Waals surface area contributed by atoms with Crippen LogP contribution in [0.2, 0.25) is 5.15 Å². The summed E-state index contributed by atoms with van der Waals surface area (Å²) in [5.41, 5.74) is 2.92. The minimum Gasteiger partial charge on any atom is -0.322 e. The topological polar surface area (TPSA) is 46.9 Å². The van der Waals surface area contributed by atoms with E-state index >= 15 is 0 Å². The molecule has 18 heavy (non-hydrogen) atoms. The summed E-state index contributed by atoms with van der Waals surface area (Å²) in [6, 6.07) is 7.58. The maximum atomic E-state index is 12.1. The number of carbonyl (C=O) groups is 1. The van der Waals surface area contributed by atoms with Gasteiger partial charge >= 0.3 is 0 Å². The molecule has 0 spiro atoms. The van der Waals surface area contributed by atoms with E-state index in [0.29, 0.717) is 16.4 Å². The fourth-order valence-electron chi connectivity index (χ4n) is 1.72. The number of nitrogens with one attached hydrogen (secondary N) is 1. The molecular formula is C13H14ClN3O. The molecule has 94 valence electrons. The zero-order chi connectivity index (χ0) is 13.3. The van der Waals surface area contributed by atoms with Crippen molar-refractivity contribution < 1.29 is 4.79 Å². The van der Waals surface area contributed by atoms with E-state index in [1.807, 2.05) is 31.2 Å². The van der Waals surface area contributed by atoms with E-state index in [9.17, 15) is 4.79 Å². The molecular weight excluding hydrogens is 250 g/mol. The van der Waals surface area contributed by atoms with Gasteiger partial charge in [0.15, 0.2) is 0 Å². The molecule has 0 aliphatic heterocycles. The Balaban J connectivity index is 2.24. The third-order valence-electron chi connectivity index (χ3n) is 2.69. The molecule has 0 atom stereocenters. The van der Waals surface area contributed by atoms with Gasteiger partial charge < -0.3 is 5.32 Å². The first-order chi connectivity index (χ1) is 8.49. The molecule has 1 heterocycles. The Morgan fingerprint density at radius 2 is 1.89 bits per heavy atom. The minimum atomic E-state index is -0.241. The molecule has 2 rings (SSSR count). The molecule has 0 bridgehead atoms. The highest BCUT2D eigenvalue weighted by atomic mass is 35.5. The van der Waals surface area contributed by atoms with Crippen LogP contribution in [0.5, 0.6) is 0 Å². The van der Waals surface area contributed by atoms with Crippen molar-refractivity contribution in [3.05, 3.63) is 46.2 Å². The predicted molar refractivity (Wildman–Crippen MR) is 72.1 cm³/mol. The Bertz CT molecular complexity index is 587. The molecule has 5 heteroatoms. The molecule has 1 aromatic heterocycles. The molecule has 0 fully saturated rings. The first-order valence-electron chi connectivity index (χ1n) is 5.56. The normalized spacial score (nSPS) is 10.4. The number of benzene rings is 1. The van der Waals surface area contributed by atoms with Gasteiger partial charge in [0.05, 0.1) is 11.3 Å². The minimum absolute atomic E-state index is 0.241. The van der Waals surface area contributed by atoms with Gasteiger partial charge in [0.25, 0.3) is 5.91 Å². The van der Waals surface area contributed by atoms with E-state index < -0.39 is 0 Å². The van der Waals surface area contributed by atoms with Crippen molar-refractivity contribution in [3.8, 4) is 0 Å². The standard InChI is InChI=1S/C13H14ClN3O/c1-8-4-6-10(7-5-8)15-13(18)11-9(2)16-17(3)12(11)14/h4-7H,1-3H3,(H,15,18). The zero-order valence-corrected chi connectivity index (χ0v) is 11.2. The lowest BCUT2D eigenvalue weighted by atomic mass is 10.2. The van der Waals surface area contributed by atoms with Gasteiger partial charge in [-0.3, -0.25) is 9.48 Å². The largest absolute Gasteiger partial charge is 0.322 e. The highest BCUT2D eigenvalue weighted by Crippen LogP contribution is 2.20. The van der Waals surface area contributed by atoms with Crippen LogP contribution >= 0.6 is 11.6 Å². The number of rotatable bonds is 2. The molecule has 4 nitrogen and oxygen atoms in total. The second-order valence-corrected chi connectivity index (χ2v) is 4.55. The Kier molecular flexibility index (Phi) is 3.39. The number of carbonyl (C=O) groups excluding carboxylic acids is 1. The van der Waals surface area contributed by atoms with E-state index in [0.717, 1.165) is 11.3 Å². The number of anilines is 1. The van der Waals surface area contributed by atoms with Crippen molar-refractivity contribution in [2.45, 2.75) is 13.8 Å². The number of hydrogen-bond acceptors (Lipinski definition) is 2. The van der Waals surface area contributed by atoms with Crippen molar-refractivity contribution in [1.29, 1.82) is 0 Å². The number of aryl methyl sites for hydroxylation is 3. The van der Waals surface area contributed by atoms with E-state index in [-0.39, 0.29) is 5.91 Å². The predicted octanol–water partition coefficient (Wildman–Crippen LogP) is 2.94. The third-order valence-corrected chi connectivity index (χ3v) is 3.12. The first-order valence-corrected chi connectivity index (χ1v) is 5.94. The molecule has 0 saturated heterocycles. The van der Waals surface area contributed by atoms with Crippen LogP contribution in [0.3, 0.4) is 0 Å². The van der Waals surface area contributed by atoms with Crippen molar-refractivity contribution >= 4 is 23.2 Å². The number of aromatic nitrogens is 2. The fourth-order valence-corrected chi connectivity index (χ4v) is 1.98. The maximum absolute atomic E-state index is 12.1. The molecule has 2 aromatic rings. The van der Waals surface area contributed by atoms with Crippen LogP contribution in [0, 0.1) is 13.8 Å². The van der Waals surface area contributed by atoms with Crippen molar-refractivity contribution in [1.82, 2.24) is 9.78 Å². The molecule has 0 aliphatic carbocycles. The second kappa shape index (κ2) is 4.82. The summed E-state index contributed by atoms with van der Waals surface area (Å²) in [7, 11) is 1.71. The summed E-state index contributed by atoms with van der Waals surface area (Å²) in [5.74, 6) is -0.241. The van der Waals surface area contributed by atoms with Gasteiger partial charge in [-0.15, -0.1) is 0 Å². The zero-order valence-electron chi connectivity index (χ0n) is 10.5. The maximum Gasteiger partial charge on any atom is 0.260 e. The molecule has 0 radical (unpaired) electrons. The Hall–Kier alpha value is -1.81. The van der Waals surface area contributed by atoms with E-state index in [2.05, 4.69) is 10.4 Å². The lowest BCUT2D eigenvalue weighted by Crippen LogP contribution is -2.13. The first kappa shape index (κ1) is 12.6. The Morgan fingerprint density at radius 1 is 1.28 bits per heavy atom. The van der Waals surface area contributed by atoms with Gasteiger partial charge in [0.2, 0.25) is 0 Å². The second-order valence-electron chi connectivity index (χ2n) is 4.19. The summed E-state index contributed by atoms with van der Waals surface area (Å²) in [6.45, 7) is 3.75. The number of hydrogen-bond donors (Lipinski definition) is 1. The monoisotopic (exact) mass is 263 g/mol. The summed E-state index contributed by atoms with van der Waals surface area (Å²) < 4.78 is 1.49. The van der Waals surface area contributed by atoms with E-state index in [1.54, 1.807) is 14.0 Å². The summed E-state index contributed by atoms with van der Waals surface area (Å²) in [6.07, 6.45) is 0. The Labute approximate surface area is 111 Å².